The molecule has 2 aromatic heterocycles. The quantitative estimate of drug-likeness (QED) is 0.445. The fourth-order valence-corrected chi connectivity index (χ4v) is 4.76. The standard InChI is InChI=1S/C25H24N2O3S/c1-27-11-9-17(14-23(27)28)13-21-16-19-6-4-8-22(24(19)31-21)18-5-3-7-20(15-18)25(29)26-10-12-30-2/h3-9,11,14-16H,10,12-13H2,1-2H3,(H,26,29). The Morgan fingerprint density at radius 1 is 1.10 bits per heavy atom. The van der Waals surface area contributed by atoms with E-state index in [0.717, 1.165) is 28.5 Å². The molecule has 0 spiro atoms. The Morgan fingerprint density at radius 3 is 2.74 bits per heavy atom. The molecular formula is C25H24N2O3S. The molecule has 31 heavy (non-hydrogen) atoms. The summed E-state index contributed by atoms with van der Waals surface area (Å²) in [4.78, 5) is 25.6. The van der Waals surface area contributed by atoms with Gasteiger partial charge in [0.1, 0.15) is 0 Å². The molecule has 158 valence electrons. The van der Waals surface area contributed by atoms with Gasteiger partial charge >= 0.3 is 0 Å². The number of ether oxygens (including phenoxy) is 1. The summed E-state index contributed by atoms with van der Waals surface area (Å²) < 4.78 is 7.75. The predicted octanol–water partition coefficient (Wildman–Crippen LogP) is 4.23. The number of hydrogen-bond donors (Lipinski definition) is 1. The first-order valence-corrected chi connectivity index (χ1v) is 10.9. The molecule has 0 saturated heterocycles. The van der Waals surface area contributed by atoms with Crippen molar-refractivity contribution in [1.82, 2.24) is 9.88 Å². The van der Waals surface area contributed by atoms with Gasteiger partial charge in [0.15, 0.2) is 0 Å². The Hall–Kier alpha value is -3.22. The van der Waals surface area contributed by atoms with Crippen molar-refractivity contribution in [1.29, 1.82) is 0 Å². The minimum Gasteiger partial charge on any atom is -0.383 e. The highest BCUT2D eigenvalue weighted by molar-refractivity contribution is 7.19. The van der Waals surface area contributed by atoms with Crippen molar-refractivity contribution in [2.24, 2.45) is 7.05 Å². The van der Waals surface area contributed by atoms with Gasteiger partial charge in [-0.05, 0) is 46.3 Å². The van der Waals surface area contributed by atoms with Crippen LogP contribution >= 0.6 is 11.3 Å². The Bertz CT molecular complexity index is 1290. The molecule has 2 aromatic carbocycles. The van der Waals surface area contributed by atoms with Crippen molar-refractivity contribution >= 4 is 27.3 Å². The number of pyridine rings is 1. The van der Waals surface area contributed by atoms with Crippen molar-refractivity contribution in [3.63, 3.8) is 0 Å². The summed E-state index contributed by atoms with van der Waals surface area (Å²) in [7, 11) is 3.36. The van der Waals surface area contributed by atoms with Gasteiger partial charge in [-0.25, -0.2) is 0 Å². The maximum atomic E-state index is 12.4. The predicted molar refractivity (Wildman–Crippen MR) is 126 cm³/mol. The lowest BCUT2D eigenvalue weighted by Crippen LogP contribution is -2.26. The molecule has 6 heteroatoms. The topological polar surface area (TPSA) is 60.3 Å². The molecule has 0 unspecified atom stereocenters. The summed E-state index contributed by atoms with van der Waals surface area (Å²) in [5.74, 6) is -0.108. The zero-order valence-corrected chi connectivity index (χ0v) is 18.4. The van der Waals surface area contributed by atoms with Crippen LogP contribution in [-0.4, -0.2) is 30.7 Å². The highest BCUT2D eigenvalue weighted by Crippen LogP contribution is 2.36. The number of fused-ring (bicyclic) bond motifs is 1. The average Bonchev–Trinajstić information content (AvgIpc) is 3.19. The monoisotopic (exact) mass is 432 g/mol. The second-order valence-corrected chi connectivity index (χ2v) is 8.56. The van der Waals surface area contributed by atoms with Gasteiger partial charge in [-0.2, -0.15) is 0 Å². The minimum atomic E-state index is -0.108. The smallest absolute Gasteiger partial charge is 0.251 e. The van der Waals surface area contributed by atoms with Gasteiger partial charge in [-0.3, -0.25) is 9.59 Å². The maximum absolute atomic E-state index is 12.4. The molecule has 0 atom stereocenters. The number of carbonyl (C=O) groups excluding carboxylic acids is 1. The van der Waals surface area contributed by atoms with Gasteiger partial charge < -0.3 is 14.6 Å². The Labute approximate surface area is 184 Å². The van der Waals surface area contributed by atoms with Gasteiger partial charge in [-0.15, -0.1) is 11.3 Å². The fraction of sp³-hybridized carbons (Fsp3) is 0.200. The van der Waals surface area contributed by atoms with Gasteiger partial charge in [0.2, 0.25) is 0 Å². The van der Waals surface area contributed by atoms with Crippen molar-refractivity contribution < 1.29 is 9.53 Å². The van der Waals surface area contributed by atoms with E-state index >= 15 is 0 Å². The first-order chi connectivity index (χ1) is 15.0. The number of methoxy groups -OCH3 is 1. The summed E-state index contributed by atoms with van der Waals surface area (Å²) >= 11 is 1.73. The highest BCUT2D eigenvalue weighted by atomic mass is 32.1. The second-order valence-electron chi connectivity index (χ2n) is 7.43. The lowest BCUT2D eigenvalue weighted by atomic mass is 10.0. The second kappa shape index (κ2) is 9.29. The highest BCUT2D eigenvalue weighted by Gasteiger charge is 2.12. The molecule has 0 aliphatic carbocycles. The summed E-state index contributed by atoms with van der Waals surface area (Å²) in [6.07, 6.45) is 2.52. The van der Waals surface area contributed by atoms with Crippen molar-refractivity contribution in [2.45, 2.75) is 6.42 Å². The third-order valence-electron chi connectivity index (χ3n) is 5.17. The zero-order valence-electron chi connectivity index (χ0n) is 17.6. The lowest BCUT2D eigenvalue weighted by Gasteiger charge is -2.08. The number of thiophene rings is 1. The van der Waals surface area contributed by atoms with Crippen LogP contribution < -0.4 is 10.9 Å². The molecule has 5 nitrogen and oxygen atoms in total. The van der Waals surface area contributed by atoms with Crippen LogP contribution in [0.15, 0.2) is 71.7 Å². The molecule has 1 N–H and O–H groups in total. The van der Waals surface area contributed by atoms with Crippen LogP contribution in [0.25, 0.3) is 21.2 Å². The molecule has 0 fully saturated rings. The van der Waals surface area contributed by atoms with Crippen LogP contribution in [0.1, 0.15) is 20.8 Å². The number of carbonyl (C=O) groups is 1. The Balaban J connectivity index is 1.64. The molecule has 0 bridgehead atoms. The van der Waals surface area contributed by atoms with Crippen molar-refractivity contribution in [2.75, 3.05) is 20.3 Å². The zero-order chi connectivity index (χ0) is 21.8. The molecule has 0 aliphatic rings. The lowest BCUT2D eigenvalue weighted by molar-refractivity contribution is 0.0937. The van der Waals surface area contributed by atoms with Crippen LogP contribution in [0, 0.1) is 0 Å². The number of rotatable bonds is 7. The van der Waals surface area contributed by atoms with Crippen LogP contribution in [0.5, 0.6) is 0 Å². The normalized spacial score (nSPS) is 11.0. The van der Waals surface area contributed by atoms with Crippen LogP contribution in [0.3, 0.4) is 0 Å². The van der Waals surface area contributed by atoms with Crippen molar-refractivity contribution in [3.8, 4) is 11.1 Å². The number of hydrogen-bond acceptors (Lipinski definition) is 4. The molecular weight excluding hydrogens is 408 g/mol. The third-order valence-corrected chi connectivity index (χ3v) is 6.35. The Morgan fingerprint density at radius 2 is 1.94 bits per heavy atom. The number of benzene rings is 2. The molecule has 4 rings (SSSR count). The van der Waals surface area contributed by atoms with E-state index in [4.69, 9.17) is 4.74 Å². The van der Waals surface area contributed by atoms with E-state index in [0.29, 0.717) is 18.7 Å². The van der Waals surface area contributed by atoms with Crippen molar-refractivity contribution in [3.05, 3.63) is 93.2 Å². The summed E-state index contributed by atoms with van der Waals surface area (Å²) in [6.45, 7) is 0.961. The largest absolute Gasteiger partial charge is 0.383 e. The number of aryl methyl sites for hydroxylation is 1. The van der Waals surface area contributed by atoms with Gasteiger partial charge in [0.05, 0.1) is 6.61 Å². The average molecular weight is 433 g/mol. The number of amides is 1. The Kier molecular flexibility index (Phi) is 6.30. The molecule has 0 radical (unpaired) electrons. The molecule has 4 aromatic rings. The first kappa shape index (κ1) is 21.0. The molecule has 0 saturated carbocycles. The van der Waals surface area contributed by atoms with Crippen LogP contribution in [0.2, 0.25) is 0 Å². The van der Waals surface area contributed by atoms with E-state index in [1.807, 2.05) is 36.4 Å². The molecule has 1 amide bonds. The van der Waals surface area contributed by atoms with E-state index in [9.17, 15) is 9.59 Å². The number of aromatic nitrogens is 1. The van der Waals surface area contributed by atoms with E-state index in [1.165, 1.54) is 9.58 Å². The SMILES string of the molecule is COCCNC(=O)c1cccc(-c2cccc3cc(Cc4ccn(C)c(=O)c4)sc23)c1. The van der Waals surface area contributed by atoms with E-state index < -0.39 is 0 Å². The minimum absolute atomic E-state index is 0.000101. The first-order valence-electron chi connectivity index (χ1n) is 10.1. The van der Waals surface area contributed by atoms with E-state index in [1.54, 1.807) is 42.3 Å². The number of nitrogens with one attached hydrogen (secondary N) is 1. The summed E-state index contributed by atoms with van der Waals surface area (Å²) in [5.41, 5.74) is 3.74. The van der Waals surface area contributed by atoms with Crippen LogP contribution in [0.4, 0.5) is 0 Å². The summed E-state index contributed by atoms with van der Waals surface area (Å²) in [5, 5.41) is 4.03. The van der Waals surface area contributed by atoms with E-state index in [-0.39, 0.29) is 11.5 Å². The van der Waals surface area contributed by atoms with Gasteiger partial charge in [0.25, 0.3) is 11.5 Å². The van der Waals surface area contributed by atoms with E-state index in [2.05, 4.69) is 23.5 Å². The van der Waals surface area contributed by atoms with Crippen LogP contribution in [-0.2, 0) is 18.2 Å². The molecule has 0 aliphatic heterocycles. The third kappa shape index (κ3) is 4.76. The summed E-state index contributed by atoms with van der Waals surface area (Å²) in [6, 6.07) is 19.8. The maximum Gasteiger partial charge on any atom is 0.251 e. The fourth-order valence-electron chi connectivity index (χ4n) is 3.53. The van der Waals surface area contributed by atoms with Gasteiger partial charge in [-0.1, -0.05) is 30.3 Å². The van der Waals surface area contributed by atoms with Gasteiger partial charge in [0, 0.05) is 54.5 Å². The number of nitrogens with zero attached hydrogens (tertiary/aromatic N) is 1. The molecule has 2 heterocycles.